The Morgan fingerprint density at radius 2 is 1.73 bits per heavy atom. The van der Waals surface area contributed by atoms with Crippen LogP contribution in [0.25, 0.3) is 11.0 Å². The first kappa shape index (κ1) is 20.8. The first-order chi connectivity index (χ1) is 12.7. The van der Waals surface area contributed by atoms with Gasteiger partial charge in [0.1, 0.15) is 0 Å². The fourth-order valence-corrected chi connectivity index (χ4v) is 3.25. The predicted octanol–water partition coefficient (Wildman–Crippen LogP) is 5.40. The van der Waals surface area contributed by atoms with E-state index in [2.05, 4.69) is 66.7 Å². The van der Waals surface area contributed by atoms with Crippen LogP contribution in [-0.2, 0) is 6.54 Å². The van der Waals surface area contributed by atoms with Crippen molar-refractivity contribution in [3.05, 3.63) is 24.3 Å². The number of fused-ring (bicyclic) bond motifs is 1. The maximum Gasteiger partial charge on any atom is 0.203 e. The van der Waals surface area contributed by atoms with Gasteiger partial charge in [0.15, 0.2) is 0 Å². The van der Waals surface area contributed by atoms with Crippen molar-refractivity contribution in [2.24, 2.45) is 5.92 Å². The molecule has 0 amide bonds. The highest BCUT2D eigenvalue weighted by atomic mass is 15.2. The molecule has 26 heavy (non-hydrogen) atoms. The van der Waals surface area contributed by atoms with Crippen LogP contribution in [0.5, 0.6) is 0 Å². The van der Waals surface area contributed by atoms with E-state index in [1.165, 1.54) is 50.7 Å². The summed E-state index contributed by atoms with van der Waals surface area (Å²) >= 11 is 0. The number of nitrogens with zero attached hydrogens (tertiary/aromatic N) is 3. The van der Waals surface area contributed by atoms with Crippen LogP contribution in [0.2, 0.25) is 0 Å². The van der Waals surface area contributed by atoms with E-state index in [4.69, 9.17) is 4.98 Å². The molecule has 1 aromatic heterocycles. The predicted molar refractivity (Wildman–Crippen MR) is 114 cm³/mol. The van der Waals surface area contributed by atoms with Gasteiger partial charge in [-0.1, -0.05) is 52.7 Å². The molecule has 0 aliphatic rings. The van der Waals surface area contributed by atoms with Crippen molar-refractivity contribution < 1.29 is 0 Å². The van der Waals surface area contributed by atoms with Gasteiger partial charge in [-0.05, 0) is 50.4 Å². The van der Waals surface area contributed by atoms with Gasteiger partial charge in [-0.25, -0.2) is 4.98 Å². The Hall–Kier alpha value is -1.55. The molecular weight excluding hydrogens is 320 g/mol. The summed E-state index contributed by atoms with van der Waals surface area (Å²) in [5.74, 6) is 1.72. The van der Waals surface area contributed by atoms with Crippen molar-refractivity contribution in [2.75, 3.05) is 31.5 Å². The Morgan fingerprint density at radius 3 is 2.38 bits per heavy atom. The minimum Gasteiger partial charge on any atom is -0.354 e. The second kappa shape index (κ2) is 11.2. The van der Waals surface area contributed by atoms with E-state index in [-0.39, 0.29) is 0 Å². The lowest BCUT2D eigenvalue weighted by Crippen LogP contribution is -2.31. The Labute approximate surface area is 160 Å². The number of rotatable bonds is 13. The number of para-hydroxylation sites is 2. The van der Waals surface area contributed by atoms with E-state index in [1.54, 1.807) is 0 Å². The smallest absolute Gasteiger partial charge is 0.203 e. The molecule has 0 atom stereocenters. The first-order valence-electron chi connectivity index (χ1n) is 10.6. The van der Waals surface area contributed by atoms with E-state index < -0.39 is 0 Å². The highest BCUT2D eigenvalue weighted by molar-refractivity contribution is 5.78. The van der Waals surface area contributed by atoms with Gasteiger partial charge in [0.25, 0.3) is 0 Å². The molecular formula is C22H38N4. The normalized spacial score (nSPS) is 11.8. The summed E-state index contributed by atoms with van der Waals surface area (Å²) in [5.41, 5.74) is 2.33. The molecule has 4 heteroatoms. The molecule has 1 aromatic carbocycles. The Balaban J connectivity index is 2.00. The lowest BCUT2D eigenvalue weighted by atomic mass is 10.1. The van der Waals surface area contributed by atoms with Crippen LogP contribution in [0.1, 0.15) is 59.8 Å². The molecule has 0 saturated heterocycles. The minimum absolute atomic E-state index is 0.697. The molecule has 2 rings (SSSR count). The zero-order valence-corrected chi connectivity index (χ0v) is 17.3. The molecule has 0 fully saturated rings. The fourth-order valence-electron chi connectivity index (χ4n) is 3.25. The zero-order chi connectivity index (χ0) is 18.8. The van der Waals surface area contributed by atoms with E-state index in [9.17, 15) is 0 Å². The second-order valence-electron chi connectivity index (χ2n) is 7.73. The lowest BCUT2D eigenvalue weighted by molar-refractivity contribution is 0.275. The van der Waals surface area contributed by atoms with Crippen molar-refractivity contribution >= 4 is 17.0 Å². The summed E-state index contributed by atoms with van der Waals surface area (Å²) in [7, 11) is 0. The monoisotopic (exact) mass is 358 g/mol. The summed E-state index contributed by atoms with van der Waals surface area (Å²) in [6.45, 7) is 14.6. The van der Waals surface area contributed by atoms with E-state index in [0.29, 0.717) is 5.92 Å². The topological polar surface area (TPSA) is 33.1 Å². The van der Waals surface area contributed by atoms with Crippen LogP contribution < -0.4 is 5.32 Å². The van der Waals surface area contributed by atoms with Crippen LogP contribution in [0.4, 0.5) is 5.95 Å². The Kier molecular flexibility index (Phi) is 8.96. The average molecular weight is 359 g/mol. The van der Waals surface area contributed by atoms with Crippen LogP contribution in [0.3, 0.4) is 0 Å². The zero-order valence-electron chi connectivity index (χ0n) is 17.3. The van der Waals surface area contributed by atoms with E-state index in [0.717, 1.165) is 31.1 Å². The van der Waals surface area contributed by atoms with Gasteiger partial charge >= 0.3 is 0 Å². The number of aryl methyl sites for hydroxylation is 1. The quantitative estimate of drug-likeness (QED) is 0.520. The molecule has 0 saturated carbocycles. The highest BCUT2D eigenvalue weighted by Gasteiger charge is 2.11. The Bertz CT molecular complexity index is 624. The SMILES string of the molecule is CCCCN(CCCC)CCNc1nc2ccccc2n1CCC(C)C. The molecule has 0 aliphatic carbocycles. The van der Waals surface area contributed by atoms with E-state index in [1.807, 2.05) is 0 Å². The molecule has 0 aliphatic heterocycles. The molecule has 1 N–H and O–H groups in total. The maximum atomic E-state index is 4.85. The molecule has 2 aromatic rings. The largest absolute Gasteiger partial charge is 0.354 e. The number of nitrogens with one attached hydrogen (secondary N) is 1. The maximum absolute atomic E-state index is 4.85. The summed E-state index contributed by atoms with van der Waals surface area (Å²) in [4.78, 5) is 7.44. The third-order valence-electron chi connectivity index (χ3n) is 4.95. The first-order valence-corrected chi connectivity index (χ1v) is 10.6. The number of aromatic nitrogens is 2. The van der Waals surface area contributed by atoms with Gasteiger partial charge < -0.3 is 14.8 Å². The summed E-state index contributed by atoms with van der Waals surface area (Å²) in [5, 5.41) is 3.62. The highest BCUT2D eigenvalue weighted by Crippen LogP contribution is 2.21. The number of benzene rings is 1. The molecule has 0 bridgehead atoms. The fraction of sp³-hybridized carbons (Fsp3) is 0.682. The van der Waals surface area contributed by atoms with Crippen molar-refractivity contribution in [3.63, 3.8) is 0 Å². The van der Waals surface area contributed by atoms with Crippen LogP contribution in [-0.4, -0.2) is 40.6 Å². The van der Waals surface area contributed by atoms with Gasteiger partial charge in [0, 0.05) is 19.6 Å². The number of unbranched alkanes of at least 4 members (excludes halogenated alkanes) is 2. The van der Waals surface area contributed by atoms with Gasteiger partial charge in [-0.15, -0.1) is 0 Å². The number of hydrogen-bond donors (Lipinski definition) is 1. The number of anilines is 1. The van der Waals surface area contributed by atoms with Crippen molar-refractivity contribution in [1.29, 1.82) is 0 Å². The second-order valence-corrected chi connectivity index (χ2v) is 7.73. The molecule has 0 unspecified atom stereocenters. The molecule has 146 valence electrons. The van der Waals surface area contributed by atoms with E-state index >= 15 is 0 Å². The van der Waals surface area contributed by atoms with Gasteiger partial charge in [0.05, 0.1) is 11.0 Å². The van der Waals surface area contributed by atoms with Crippen molar-refractivity contribution in [2.45, 2.75) is 66.3 Å². The molecule has 4 nitrogen and oxygen atoms in total. The standard InChI is InChI=1S/C22H38N4/c1-5-7-15-25(16-8-6-2)18-14-23-22-24-20-11-9-10-12-21(20)26(22)17-13-19(3)4/h9-12,19H,5-8,13-18H2,1-4H3,(H,23,24). The van der Waals surface area contributed by atoms with Gasteiger partial charge in [-0.3, -0.25) is 0 Å². The lowest BCUT2D eigenvalue weighted by Gasteiger charge is -2.22. The van der Waals surface area contributed by atoms with Gasteiger partial charge in [-0.2, -0.15) is 0 Å². The summed E-state index contributed by atoms with van der Waals surface area (Å²) in [6.07, 6.45) is 6.28. The van der Waals surface area contributed by atoms with Crippen LogP contribution >= 0.6 is 0 Å². The summed E-state index contributed by atoms with van der Waals surface area (Å²) in [6, 6.07) is 8.48. The number of hydrogen-bond acceptors (Lipinski definition) is 3. The van der Waals surface area contributed by atoms with Gasteiger partial charge in [0.2, 0.25) is 5.95 Å². The third-order valence-corrected chi connectivity index (χ3v) is 4.95. The Morgan fingerprint density at radius 1 is 1.04 bits per heavy atom. The third kappa shape index (κ3) is 6.31. The molecule has 0 radical (unpaired) electrons. The summed E-state index contributed by atoms with van der Waals surface area (Å²) < 4.78 is 2.36. The average Bonchev–Trinajstić information content (AvgIpc) is 2.99. The van der Waals surface area contributed by atoms with Crippen molar-refractivity contribution in [1.82, 2.24) is 14.5 Å². The van der Waals surface area contributed by atoms with Crippen LogP contribution in [0, 0.1) is 5.92 Å². The minimum atomic E-state index is 0.697. The molecule has 1 heterocycles. The van der Waals surface area contributed by atoms with Crippen molar-refractivity contribution in [3.8, 4) is 0 Å². The number of imidazole rings is 1. The van der Waals surface area contributed by atoms with Crippen LogP contribution in [0.15, 0.2) is 24.3 Å². The molecule has 0 spiro atoms.